The summed E-state index contributed by atoms with van der Waals surface area (Å²) in [6, 6.07) is 0.916. The first-order valence-electron chi connectivity index (χ1n) is 9.79. The Hall–Kier alpha value is 1.38. The maximum Gasteiger partial charge on any atom is 0.0863 e. The van der Waals surface area contributed by atoms with Crippen LogP contribution in [0.2, 0.25) is 0 Å². The van der Waals surface area contributed by atoms with Crippen LogP contribution in [-0.2, 0) is 0 Å². The van der Waals surface area contributed by atoms with Crippen molar-refractivity contribution in [3.63, 3.8) is 0 Å². The van der Waals surface area contributed by atoms with Gasteiger partial charge in [-0.25, -0.2) is 0 Å². The van der Waals surface area contributed by atoms with E-state index in [2.05, 4.69) is 34.6 Å². The highest BCUT2D eigenvalue weighted by atomic mass is 127. The van der Waals surface area contributed by atoms with Crippen LogP contribution in [0.25, 0.3) is 0 Å². The van der Waals surface area contributed by atoms with Gasteiger partial charge in [-0.3, -0.25) is 0 Å². The maximum atomic E-state index is 2.48. The summed E-state index contributed by atoms with van der Waals surface area (Å²) < 4.78 is 2.74. The Kier molecular flexibility index (Phi) is 15.7. The van der Waals surface area contributed by atoms with Gasteiger partial charge >= 0.3 is 0 Å². The van der Waals surface area contributed by atoms with Crippen molar-refractivity contribution in [2.75, 3.05) is 45.8 Å². The van der Waals surface area contributed by atoms with Gasteiger partial charge in [0.2, 0.25) is 0 Å². The lowest BCUT2D eigenvalue weighted by Gasteiger charge is -2.38. The molecule has 0 radical (unpaired) electrons. The predicted octanol–water partition coefficient (Wildman–Crippen LogP) is -1.55. The Morgan fingerprint density at radius 3 is 1.87 bits per heavy atom. The minimum atomic E-state index is 0. The molecule has 0 N–H and O–H groups in total. The van der Waals surface area contributed by atoms with Crippen molar-refractivity contribution in [3.8, 4) is 0 Å². The predicted molar refractivity (Wildman–Crippen MR) is 94.4 cm³/mol. The average molecular weight is 552 g/mol. The first-order valence-corrected chi connectivity index (χ1v) is 9.79. The zero-order chi connectivity index (χ0) is 15.8. The fourth-order valence-electron chi connectivity index (χ4n) is 4.53. The molecule has 0 spiro atoms. The quantitative estimate of drug-likeness (QED) is 0.166. The first-order chi connectivity index (χ1) is 10.1. The van der Waals surface area contributed by atoms with Gasteiger partial charge in [0, 0.05) is 12.8 Å². The summed E-state index contributed by atoms with van der Waals surface area (Å²) in [6.07, 6.45) is 8.68. The fourth-order valence-corrected chi connectivity index (χ4v) is 4.53. The zero-order valence-electron chi connectivity index (χ0n) is 16.4. The highest BCUT2D eigenvalue weighted by Gasteiger charge is 2.36. The minimum absolute atomic E-state index is 0. The van der Waals surface area contributed by atoms with E-state index in [-0.39, 0.29) is 48.0 Å². The van der Waals surface area contributed by atoms with Gasteiger partial charge in [-0.15, -0.1) is 0 Å². The molecule has 142 valence electrons. The third-order valence-electron chi connectivity index (χ3n) is 6.79. The molecular formula is C19H42I2N2. The molecule has 0 aromatic rings. The Morgan fingerprint density at radius 2 is 1.43 bits per heavy atom. The van der Waals surface area contributed by atoms with E-state index in [1.54, 1.807) is 0 Å². The van der Waals surface area contributed by atoms with E-state index in [0.29, 0.717) is 0 Å². The summed E-state index contributed by atoms with van der Waals surface area (Å²) in [4.78, 5) is 0. The van der Waals surface area contributed by atoms with Crippen LogP contribution in [0.4, 0.5) is 0 Å². The largest absolute Gasteiger partial charge is 1.00 e. The molecule has 1 rings (SSSR count). The Balaban J connectivity index is 0. The number of hydrogen-bond acceptors (Lipinski definition) is 0. The van der Waals surface area contributed by atoms with Crippen LogP contribution in [0.3, 0.4) is 0 Å². The third-order valence-corrected chi connectivity index (χ3v) is 6.79. The molecule has 2 unspecified atom stereocenters. The van der Waals surface area contributed by atoms with Gasteiger partial charge in [0.05, 0.1) is 51.9 Å². The number of unbranched alkanes of at least 4 members (excludes halogenated alkanes) is 3. The summed E-state index contributed by atoms with van der Waals surface area (Å²) in [5, 5.41) is 0. The molecule has 0 saturated carbocycles. The smallest absolute Gasteiger partial charge is 0.0863 e. The van der Waals surface area contributed by atoms with Gasteiger partial charge in [-0.2, -0.15) is 0 Å². The van der Waals surface area contributed by atoms with Crippen LogP contribution in [0.1, 0.15) is 73.1 Å². The van der Waals surface area contributed by atoms with Crippen LogP contribution in [-0.4, -0.2) is 60.8 Å². The molecule has 0 amide bonds. The van der Waals surface area contributed by atoms with Gasteiger partial charge in [0.1, 0.15) is 0 Å². The molecule has 2 nitrogen and oxygen atoms in total. The molecule has 1 fully saturated rings. The summed E-state index contributed by atoms with van der Waals surface area (Å²) in [6.45, 7) is 21.5. The van der Waals surface area contributed by atoms with Crippen molar-refractivity contribution in [2.45, 2.75) is 79.2 Å². The van der Waals surface area contributed by atoms with E-state index in [1.165, 1.54) is 93.3 Å². The van der Waals surface area contributed by atoms with Crippen LogP contribution in [0.5, 0.6) is 0 Å². The minimum Gasteiger partial charge on any atom is -1.00 e. The summed E-state index contributed by atoms with van der Waals surface area (Å²) >= 11 is 0. The molecular weight excluding hydrogens is 510 g/mol. The second-order valence-electron chi connectivity index (χ2n) is 7.40. The normalized spacial score (nSPS) is 24.1. The Bertz CT molecular complexity index is 274. The van der Waals surface area contributed by atoms with Crippen molar-refractivity contribution in [2.24, 2.45) is 0 Å². The summed E-state index contributed by atoms with van der Waals surface area (Å²) in [5.74, 6) is 0. The van der Waals surface area contributed by atoms with E-state index in [9.17, 15) is 0 Å². The molecule has 2 atom stereocenters. The molecule has 23 heavy (non-hydrogen) atoms. The van der Waals surface area contributed by atoms with Gasteiger partial charge in [-0.1, -0.05) is 0 Å². The van der Waals surface area contributed by atoms with Crippen molar-refractivity contribution in [1.82, 2.24) is 0 Å². The third kappa shape index (κ3) is 7.65. The second kappa shape index (κ2) is 13.6. The molecule has 4 heteroatoms. The van der Waals surface area contributed by atoms with Gasteiger partial charge in [0.25, 0.3) is 0 Å². The standard InChI is InChI=1S/C19H42N2.2HI/c1-6-20(7-2,8-3)16-12-10-11-13-17-21(9-4)18-14-15-19(21)5;;/h19H,6-18H2,1-5H3;2*1H/q+2;;/p-2. The van der Waals surface area contributed by atoms with E-state index in [1.807, 2.05) is 0 Å². The maximum absolute atomic E-state index is 2.48. The van der Waals surface area contributed by atoms with E-state index in [4.69, 9.17) is 0 Å². The molecule has 0 aliphatic carbocycles. The molecule has 0 aromatic carbocycles. The zero-order valence-corrected chi connectivity index (χ0v) is 20.7. The molecule has 1 saturated heterocycles. The Labute approximate surface area is 181 Å². The number of halogens is 2. The second-order valence-corrected chi connectivity index (χ2v) is 7.40. The number of likely N-dealkylation sites (tertiary alicyclic amines) is 1. The van der Waals surface area contributed by atoms with Crippen molar-refractivity contribution >= 4 is 0 Å². The molecule has 1 aliphatic rings. The number of rotatable bonds is 11. The van der Waals surface area contributed by atoms with Crippen molar-refractivity contribution in [1.29, 1.82) is 0 Å². The van der Waals surface area contributed by atoms with Crippen molar-refractivity contribution in [3.05, 3.63) is 0 Å². The van der Waals surface area contributed by atoms with E-state index >= 15 is 0 Å². The topological polar surface area (TPSA) is 0 Å². The number of quaternary nitrogens is 2. The molecule has 1 heterocycles. The number of hydrogen-bond donors (Lipinski definition) is 0. The van der Waals surface area contributed by atoms with Crippen LogP contribution in [0, 0.1) is 0 Å². The lowest BCUT2D eigenvalue weighted by atomic mass is 10.1. The number of nitrogens with zero attached hydrogens (tertiary/aromatic N) is 2. The summed E-state index contributed by atoms with van der Waals surface area (Å²) in [7, 11) is 0. The van der Waals surface area contributed by atoms with E-state index < -0.39 is 0 Å². The monoisotopic (exact) mass is 552 g/mol. The van der Waals surface area contributed by atoms with E-state index in [0.717, 1.165) is 6.04 Å². The lowest BCUT2D eigenvalue weighted by molar-refractivity contribution is -0.936. The van der Waals surface area contributed by atoms with Crippen LogP contribution < -0.4 is 48.0 Å². The van der Waals surface area contributed by atoms with Crippen LogP contribution >= 0.6 is 0 Å². The SMILES string of the molecule is CC[N+](CC)(CC)CCCCCC[N+]1(CC)CCCC1C.[I-].[I-]. The van der Waals surface area contributed by atoms with Gasteiger partial charge < -0.3 is 56.9 Å². The fraction of sp³-hybridized carbons (Fsp3) is 1.00. The molecule has 0 aromatic heterocycles. The Morgan fingerprint density at radius 1 is 0.870 bits per heavy atom. The lowest BCUT2D eigenvalue weighted by Crippen LogP contribution is -3.00. The van der Waals surface area contributed by atoms with Gasteiger partial charge in [-0.05, 0) is 60.3 Å². The van der Waals surface area contributed by atoms with Crippen molar-refractivity contribution < 1.29 is 56.9 Å². The highest BCUT2D eigenvalue weighted by Crippen LogP contribution is 2.27. The first kappa shape index (κ1) is 26.6. The molecule has 1 aliphatic heterocycles. The summed E-state index contributed by atoms with van der Waals surface area (Å²) in [5.41, 5.74) is 0. The van der Waals surface area contributed by atoms with Crippen LogP contribution in [0.15, 0.2) is 0 Å². The highest BCUT2D eigenvalue weighted by molar-refractivity contribution is 4.63. The van der Waals surface area contributed by atoms with Gasteiger partial charge in [0.15, 0.2) is 0 Å². The molecule has 0 bridgehead atoms. The average Bonchev–Trinajstić information content (AvgIpc) is 2.89.